The number of hydrogen-bond donors (Lipinski definition) is 0. The van der Waals surface area contributed by atoms with E-state index in [4.69, 9.17) is 0 Å². The quantitative estimate of drug-likeness (QED) is 0.712. The summed E-state index contributed by atoms with van der Waals surface area (Å²) in [6.45, 7) is 4.85. The van der Waals surface area contributed by atoms with Gasteiger partial charge in [0.1, 0.15) is 17.0 Å². The molecule has 1 aliphatic rings. The van der Waals surface area contributed by atoms with Gasteiger partial charge in [0.2, 0.25) is 0 Å². The third-order valence-corrected chi connectivity index (χ3v) is 5.52. The smallest absolute Gasteiger partial charge is 0.270 e. The molecule has 4 rings (SSSR count). The van der Waals surface area contributed by atoms with Gasteiger partial charge in [-0.1, -0.05) is 13.0 Å². The Bertz CT molecular complexity index is 1060. The first-order valence-corrected chi connectivity index (χ1v) is 9.30. The lowest BCUT2D eigenvalue weighted by atomic mass is 9.99. The van der Waals surface area contributed by atoms with Crippen molar-refractivity contribution in [1.82, 2.24) is 18.9 Å². The fraction of sp³-hybridized carbons (Fsp3) is 0.450. The highest BCUT2D eigenvalue weighted by molar-refractivity contribution is 5.98. The van der Waals surface area contributed by atoms with Crippen molar-refractivity contribution in [1.29, 1.82) is 0 Å². The number of carbonyl (C=O) groups is 1. The number of amides is 1. The summed E-state index contributed by atoms with van der Waals surface area (Å²) in [7, 11) is 1.82. The third kappa shape index (κ3) is 2.52. The average molecular weight is 352 g/mol. The summed E-state index contributed by atoms with van der Waals surface area (Å²) in [5.41, 5.74) is 2.56. The van der Waals surface area contributed by atoms with Crippen LogP contribution < -0.4 is 5.56 Å². The van der Waals surface area contributed by atoms with Crippen molar-refractivity contribution in [3.8, 4) is 0 Å². The summed E-state index contributed by atoms with van der Waals surface area (Å²) in [6.07, 6.45) is 6.01. The van der Waals surface area contributed by atoms with Crippen LogP contribution in [0.5, 0.6) is 0 Å². The molecule has 6 nitrogen and oxygen atoms in total. The molecule has 0 aromatic carbocycles. The molecule has 0 spiro atoms. The van der Waals surface area contributed by atoms with Gasteiger partial charge in [0.05, 0.1) is 5.39 Å². The normalized spacial score (nSPS) is 18.0. The summed E-state index contributed by atoms with van der Waals surface area (Å²) in [5, 5.41) is 0.490. The number of aromatic nitrogens is 3. The molecule has 0 aliphatic carbocycles. The highest BCUT2D eigenvalue weighted by atomic mass is 16.2. The Kier molecular flexibility index (Phi) is 4.05. The summed E-state index contributed by atoms with van der Waals surface area (Å²) < 4.78 is 3.32. The molecule has 6 heteroatoms. The topological polar surface area (TPSA) is 59.6 Å². The van der Waals surface area contributed by atoms with Crippen LogP contribution in [0.3, 0.4) is 0 Å². The minimum atomic E-state index is -0.131. The van der Waals surface area contributed by atoms with Crippen LogP contribution in [-0.4, -0.2) is 37.3 Å². The van der Waals surface area contributed by atoms with Crippen LogP contribution in [0.25, 0.3) is 16.7 Å². The molecule has 1 saturated heterocycles. The SMILES string of the molecule is CCC1CCCCN1C(=O)c1cc2c(=O)n3cc(C)ccc3nc2n1C. The van der Waals surface area contributed by atoms with E-state index < -0.39 is 0 Å². The van der Waals surface area contributed by atoms with Gasteiger partial charge in [-0.05, 0) is 50.3 Å². The van der Waals surface area contributed by atoms with Gasteiger partial charge in [-0.3, -0.25) is 14.0 Å². The zero-order valence-electron chi connectivity index (χ0n) is 15.5. The number of hydrogen-bond acceptors (Lipinski definition) is 3. The molecule has 136 valence electrons. The highest BCUT2D eigenvalue weighted by Crippen LogP contribution is 2.24. The van der Waals surface area contributed by atoms with E-state index in [-0.39, 0.29) is 17.5 Å². The maximum atomic E-state index is 13.2. The van der Waals surface area contributed by atoms with Crippen LogP contribution in [0.15, 0.2) is 29.2 Å². The van der Waals surface area contributed by atoms with Gasteiger partial charge in [-0.15, -0.1) is 0 Å². The summed E-state index contributed by atoms with van der Waals surface area (Å²) in [5.74, 6) is 0.00156. The molecule has 26 heavy (non-hydrogen) atoms. The largest absolute Gasteiger partial charge is 0.334 e. The highest BCUT2D eigenvalue weighted by Gasteiger charge is 2.28. The number of pyridine rings is 1. The van der Waals surface area contributed by atoms with Gasteiger partial charge in [0, 0.05) is 25.8 Å². The summed E-state index contributed by atoms with van der Waals surface area (Å²) in [4.78, 5) is 32.7. The Morgan fingerprint density at radius 2 is 2.12 bits per heavy atom. The number of carbonyl (C=O) groups excluding carboxylic acids is 1. The standard InChI is InChI=1S/C20H24N4O2/c1-4-14-7-5-6-10-23(14)20(26)16-11-15-18(22(16)3)21-17-9-8-13(2)12-24(17)19(15)25/h8-9,11-12,14H,4-7,10H2,1-3H3. The average Bonchev–Trinajstić information content (AvgIpc) is 2.99. The predicted molar refractivity (Wildman–Crippen MR) is 102 cm³/mol. The van der Waals surface area contributed by atoms with E-state index in [0.717, 1.165) is 31.4 Å². The number of aryl methyl sites for hydroxylation is 2. The second-order valence-electron chi connectivity index (χ2n) is 7.23. The molecule has 1 atom stereocenters. The van der Waals surface area contributed by atoms with Gasteiger partial charge in [-0.2, -0.15) is 0 Å². The third-order valence-electron chi connectivity index (χ3n) is 5.52. The van der Waals surface area contributed by atoms with Gasteiger partial charge < -0.3 is 9.47 Å². The molecule has 0 bridgehead atoms. The van der Waals surface area contributed by atoms with E-state index in [9.17, 15) is 9.59 Å². The van der Waals surface area contributed by atoms with Crippen molar-refractivity contribution >= 4 is 22.6 Å². The second-order valence-corrected chi connectivity index (χ2v) is 7.23. The lowest BCUT2D eigenvalue weighted by Crippen LogP contribution is -2.43. The van der Waals surface area contributed by atoms with Gasteiger partial charge in [0.15, 0.2) is 0 Å². The fourth-order valence-corrected chi connectivity index (χ4v) is 4.02. The predicted octanol–water partition coefficient (Wildman–Crippen LogP) is 2.90. The molecule has 4 heterocycles. The minimum absolute atomic E-state index is 0.00156. The number of nitrogens with zero attached hydrogens (tertiary/aromatic N) is 4. The van der Waals surface area contributed by atoms with Crippen molar-refractivity contribution in [2.75, 3.05) is 6.54 Å². The van der Waals surface area contributed by atoms with Crippen LogP contribution >= 0.6 is 0 Å². The molecule has 3 aromatic heterocycles. The number of rotatable bonds is 2. The zero-order chi connectivity index (χ0) is 18.4. The first-order valence-electron chi connectivity index (χ1n) is 9.30. The summed E-state index contributed by atoms with van der Waals surface area (Å²) in [6, 6.07) is 5.76. The van der Waals surface area contributed by atoms with Crippen LogP contribution in [0.1, 0.15) is 48.7 Å². The maximum absolute atomic E-state index is 13.2. The molecule has 1 fully saturated rings. The Labute approximate surface area is 152 Å². The first-order chi connectivity index (χ1) is 12.5. The molecular formula is C20H24N4O2. The number of likely N-dealkylation sites (tertiary alicyclic amines) is 1. The van der Waals surface area contributed by atoms with Crippen LogP contribution in [0.2, 0.25) is 0 Å². The van der Waals surface area contributed by atoms with Crippen molar-refractivity contribution in [3.63, 3.8) is 0 Å². The molecule has 3 aromatic rings. The van der Waals surface area contributed by atoms with E-state index in [2.05, 4.69) is 11.9 Å². The molecule has 0 N–H and O–H groups in total. The van der Waals surface area contributed by atoms with E-state index in [1.807, 2.05) is 31.0 Å². The van der Waals surface area contributed by atoms with E-state index in [0.29, 0.717) is 22.4 Å². The lowest BCUT2D eigenvalue weighted by molar-refractivity contribution is 0.0598. The van der Waals surface area contributed by atoms with Crippen molar-refractivity contribution in [2.45, 2.75) is 45.6 Å². The van der Waals surface area contributed by atoms with E-state index >= 15 is 0 Å². The van der Waals surface area contributed by atoms with Crippen LogP contribution in [0, 0.1) is 6.92 Å². The van der Waals surface area contributed by atoms with Crippen molar-refractivity contribution < 1.29 is 4.79 Å². The molecule has 1 amide bonds. The minimum Gasteiger partial charge on any atom is -0.334 e. The zero-order valence-corrected chi connectivity index (χ0v) is 15.5. The monoisotopic (exact) mass is 352 g/mol. The van der Waals surface area contributed by atoms with Crippen LogP contribution in [-0.2, 0) is 7.05 Å². The Hall–Kier alpha value is -2.63. The lowest BCUT2D eigenvalue weighted by Gasteiger charge is -2.35. The number of piperidine rings is 1. The van der Waals surface area contributed by atoms with Gasteiger partial charge >= 0.3 is 0 Å². The number of fused-ring (bicyclic) bond motifs is 2. The van der Waals surface area contributed by atoms with Gasteiger partial charge in [-0.25, -0.2) is 4.98 Å². The first kappa shape index (κ1) is 16.8. The summed E-state index contributed by atoms with van der Waals surface area (Å²) >= 11 is 0. The van der Waals surface area contributed by atoms with Crippen LogP contribution in [0.4, 0.5) is 0 Å². The Morgan fingerprint density at radius 1 is 1.31 bits per heavy atom. The van der Waals surface area contributed by atoms with E-state index in [1.54, 1.807) is 21.2 Å². The van der Waals surface area contributed by atoms with Crippen molar-refractivity contribution in [2.24, 2.45) is 7.05 Å². The molecule has 1 unspecified atom stereocenters. The van der Waals surface area contributed by atoms with E-state index in [1.165, 1.54) is 6.42 Å². The second kappa shape index (κ2) is 6.27. The molecule has 1 aliphatic heterocycles. The van der Waals surface area contributed by atoms with Gasteiger partial charge in [0.25, 0.3) is 11.5 Å². The molecule has 0 radical (unpaired) electrons. The maximum Gasteiger partial charge on any atom is 0.270 e. The van der Waals surface area contributed by atoms with Crippen molar-refractivity contribution in [3.05, 3.63) is 46.0 Å². The Balaban J connectivity index is 1.87. The fourth-order valence-electron chi connectivity index (χ4n) is 4.02. The molecule has 0 saturated carbocycles. The Morgan fingerprint density at radius 3 is 2.88 bits per heavy atom. The molecular weight excluding hydrogens is 328 g/mol.